The Kier molecular flexibility index (Phi) is 3.35. The van der Waals surface area contributed by atoms with Gasteiger partial charge >= 0.3 is 0 Å². The van der Waals surface area contributed by atoms with E-state index in [1.54, 1.807) is 19.1 Å². The van der Waals surface area contributed by atoms with Gasteiger partial charge in [-0.05, 0) is 19.1 Å². The molecule has 0 spiro atoms. The molecule has 1 aromatic rings. The van der Waals surface area contributed by atoms with E-state index in [2.05, 4.69) is 4.72 Å². The third kappa shape index (κ3) is 2.50. The number of para-hydroxylation sites is 1. The molecule has 0 bridgehead atoms. The molecule has 0 aromatic heterocycles. The first-order chi connectivity index (χ1) is 8.36. The molecule has 1 fully saturated rings. The molecule has 1 heterocycles. The largest absolute Gasteiger partial charge is 0.367 e. The van der Waals surface area contributed by atoms with Crippen LogP contribution in [0.2, 0.25) is 0 Å². The summed E-state index contributed by atoms with van der Waals surface area (Å²) >= 11 is 0. The van der Waals surface area contributed by atoms with Gasteiger partial charge in [-0.1, -0.05) is 19.1 Å². The minimum Gasteiger partial charge on any atom is -0.367 e. The fraction of sp³-hybridized carbons (Fsp3) is 0.500. The van der Waals surface area contributed by atoms with Crippen molar-refractivity contribution in [3.63, 3.8) is 0 Å². The highest BCUT2D eigenvalue weighted by molar-refractivity contribution is 7.89. The molecule has 0 saturated carbocycles. The van der Waals surface area contributed by atoms with E-state index in [4.69, 9.17) is 5.73 Å². The Morgan fingerprint density at radius 1 is 1.39 bits per heavy atom. The summed E-state index contributed by atoms with van der Waals surface area (Å²) in [5.74, 6) is 0. The lowest BCUT2D eigenvalue weighted by Crippen LogP contribution is -2.65. The van der Waals surface area contributed by atoms with Gasteiger partial charge in [-0.3, -0.25) is 0 Å². The minimum atomic E-state index is -3.43. The highest BCUT2D eigenvalue weighted by atomic mass is 32.2. The second-order valence-corrected chi connectivity index (χ2v) is 6.71. The molecule has 1 saturated heterocycles. The Labute approximate surface area is 108 Å². The first-order valence-electron chi connectivity index (χ1n) is 5.98. The molecule has 1 aromatic carbocycles. The molecule has 1 aliphatic heterocycles. The summed E-state index contributed by atoms with van der Waals surface area (Å²) < 4.78 is 26.7. The van der Waals surface area contributed by atoms with Crippen LogP contribution < -0.4 is 15.4 Å². The highest BCUT2D eigenvalue weighted by Gasteiger charge is 2.37. The molecule has 0 atom stereocenters. The number of hydrogen-bond acceptors (Lipinski definition) is 4. The van der Waals surface area contributed by atoms with Gasteiger partial charge in [-0.2, -0.15) is 0 Å². The van der Waals surface area contributed by atoms with Gasteiger partial charge in [0.1, 0.15) is 4.90 Å². The third-order valence-corrected chi connectivity index (χ3v) is 4.53. The van der Waals surface area contributed by atoms with Crippen LogP contribution in [0.5, 0.6) is 0 Å². The average molecular weight is 269 g/mol. The molecule has 0 radical (unpaired) electrons. The number of nitrogens with zero attached hydrogens (tertiary/aromatic N) is 1. The van der Waals surface area contributed by atoms with Crippen molar-refractivity contribution in [1.29, 1.82) is 0 Å². The summed E-state index contributed by atoms with van der Waals surface area (Å²) in [5.41, 5.74) is 6.46. The first-order valence-corrected chi connectivity index (χ1v) is 7.46. The summed E-state index contributed by atoms with van der Waals surface area (Å²) in [7, 11) is -3.43. The van der Waals surface area contributed by atoms with Crippen molar-refractivity contribution in [2.75, 3.05) is 24.5 Å². The van der Waals surface area contributed by atoms with E-state index in [0.717, 1.165) is 5.69 Å². The number of nitrogens with two attached hydrogens (primary N) is 1. The van der Waals surface area contributed by atoms with E-state index in [9.17, 15) is 8.42 Å². The molecule has 0 amide bonds. The van der Waals surface area contributed by atoms with Crippen LogP contribution in [-0.2, 0) is 10.0 Å². The molecule has 0 unspecified atom stereocenters. The van der Waals surface area contributed by atoms with E-state index in [-0.39, 0.29) is 5.54 Å². The molecule has 100 valence electrons. The zero-order valence-corrected chi connectivity index (χ0v) is 11.5. The van der Waals surface area contributed by atoms with Gasteiger partial charge < -0.3 is 10.6 Å². The maximum Gasteiger partial charge on any atom is 0.242 e. The van der Waals surface area contributed by atoms with Crippen LogP contribution in [-0.4, -0.2) is 33.6 Å². The number of anilines is 1. The Bertz CT molecular complexity index is 532. The average Bonchev–Trinajstić information content (AvgIpc) is 2.26. The minimum absolute atomic E-state index is 0.227. The van der Waals surface area contributed by atoms with Crippen LogP contribution in [0.15, 0.2) is 29.2 Å². The number of nitrogens with one attached hydrogen (secondary N) is 1. The SMILES string of the molecule is CCNS(=O)(=O)c1ccccc1N1CC(C)(N)C1. The van der Waals surface area contributed by atoms with E-state index >= 15 is 0 Å². The molecule has 0 aliphatic carbocycles. The molecule has 3 N–H and O–H groups in total. The summed E-state index contributed by atoms with van der Waals surface area (Å²) in [5, 5.41) is 0. The van der Waals surface area contributed by atoms with Crippen molar-refractivity contribution < 1.29 is 8.42 Å². The molecular formula is C12H19N3O2S. The number of hydrogen-bond donors (Lipinski definition) is 2. The van der Waals surface area contributed by atoms with Gasteiger partial charge in [0.05, 0.1) is 5.69 Å². The second-order valence-electron chi connectivity index (χ2n) is 4.98. The van der Waals surface area contributed by atoms with E-state index < -0.39 is 10.0 Å². The van der Waals surface area contributed by atoms with Crippen molar-refractivity contribution in [1.82, 2.24) is 4.72 Å². The monoisotopic (exact) mass is 269 g/mol. The Balaban J connectivity index is 2.33. The summed E-state index contributed by atoms with van der Waals surface area (Å²) in [6.07, 6.45) is 0. The molecule has 1 aliphatic rings. The van der Waals surface area contributed by atoms with Crippen LogP contribution in [0.4, 0.5) is 5.69 Å². The van der Waals surface area contributed by atoms with E-state index in [1.165, 1.54) is 0 Å². The maximum absolute atomic E-state index is 12.1. The highest BCUT2D eigenvalue weighted by Crippen LogP contribution is 2.31. The second kappa shape index (κ2) is 4.53. The fourth-order valence-corrected chi connectivity index (χ4v) is 3.48. The van der Waals surface area contributed by atoms with Gasteiger partial charge in [0.15, 0.2) is 0 Å². The van der Waals surface area contributed by atoms with E-state index in [1.807, 2.05) is 24.0 Å². The van der Waals surface area contributed by atoms with Crippen LogP contribution in [0.1, 0.15) is 13.8 Å². The van der Waals surface area contributed by atoms with Crippen LogP contribution in [0.3, 0.4) is 0 Å². The standard InChI is InChI=1S/C12H19N3O2S/c1-3-14-18(16,17)11-7-5-4-6-10(11)15-8-12(2,13)9-15/h4-7,14H,3,8-9,13H2,1-2H3. The molecule has 6 heteroatoms. The maximum atomic E-state index is 12.1. The Hall–Kier alpha value is -1.11. The van der Waals surface area contributed by atoms with Crippen molar-refractivity contribution in [2.45, 2.75) is 24.3 Å². The smallest absolute Gasteiger partial charge is 0.242 e. The third-order valence-electron chi connectivity index (χ3n) is 2.93. The number of rotatable bonds is 4. The van der Waals surface area contributed by atoms with Crippen molar-refractivity contribution in [3.8, 4) is 0 Å². The quantitative estimate of drug-likeness (QED) is 0.835. The van der Waals surface area contributed by atoms with Gasteiger partial charge in [0, 0.05) is 25.2 Å². The Morgan fingerprint density at radius 3 is 2.56 bits per heavy atom. The fourth-order valence-electron chi connectivity index (χ4n) is 2.21. The lowest BCUT2D eigenvalue weighted by Gasteiger charge is -2.47. The number of sulfonamides is 1. The molecule has 18 heavy (non-hydrogen) atoms. The summed E-state index contributed by atoms with van der Waals surface area (Å²) in [6, 6.07) is 7.01. The lowest BCUT2D eigenvalue weighted by atomic mass is 9.93. The Morgan fingerprint density at radius 2 is 2.00 bits per heavy atom. The molecular weight excluding hydrogens is 250 g/mol. The topological polar surface area (TPSA) is 75.4 Å². The van der Waals surface area contributed by atoms with Gasteiger partial charge in [0.2, 0.25) is 10.0 Å². The molecule has 2 rings (SSSR count). The lowest BCUT2D eigenvalue weighted by molar-refractivity contribution is 0.363. The normalized spacial score (nSPS) is 18.5. The van der Waals surface area contributed by atoms with Crippen LogP contribution >= 0.6 is 0 Å². The zero-order chi connectivity index (χ0) is 13.4. The van der Waals surface area contributed by atoms with Crippen LogP contribution in [0.25, 0.3) is 0 Å². The van der Waals surface area contributed by atoms with Crippen molar-refractivity contribution in [3.05, 3.63) is 24.3 Å². The van der Waals surface area contributed by atoms with Crippen LogP contribution in [0, 0.1) is 0 Å². The van der Waals surface area contributed by atoms with E-state index in [0.29, 0.717) is 24.5 Å². The van der Waals surface area contributed by atoms with Gasteiger partial charge in [-0.15, -0.1) is 0 Å². The molecule has 5 nitrogen and oxygen atoms in total. The first kappa shape index (κ1) is 13.3. The summed E-state index contributed by atoms with van der Waals surface area (Å²) in [4.78, 5) is 2.31. The predicted molar refractivity (Wildman–Crippen MR) is 72.1 cm³/mol. The zero-order valence-electron chi connectivity index (χ0n) is 10.7. The predicted octanol–water partition coefficient (Wildman–Crippen LogP) is 0.522. The van der Waals surface area contributed by atoms with Crippen molar-refractivity contribution >= 4 is 15.7 Å². The summed E-state index contributed by atoms with van der Waals surface area (Å²) in [6.45, 7) is 5.45. The number of benzene rings is 1. The van der Waals surface area contributed by atoms with Crippen molar-refractivity contribution in [2.24, 2.45) is 5.73 Å². The van der Waals surface area contributed by atoms with Gasteiger partial charge in [-0.25, -0.2) is 13.1 Å². The van der Waals surface area contributed by atoms with Gasteiger partial charge in [0.25, 0.3) is 0 Å².